The molecular weight excluding hydrogens is 318 g/mol. The smallest absolute Gasteiger partial charge is 0.230 e. The molecule has 5 heteroatoms. The Morgan fingerprint density at radius 1 is 1.08 bits per heavy atom. The molecule has 1 atom stereocenters. The first-order chi connectivity index (χ1) is 11.8. The predicted octanol–water partition coefficient (Wildman–Crippen LogP) is 3.16. The van der Waals surface area contributed by atoms with Crippen LogP contribution in [0, 0.1) is 5.41 Å². The molecule has 0 aliphatic carbocycles. The molecule has 4 rings (SSSR count). The van der Waals surface area contributed by atoms with E-state index in [1.807, 2.05) is 17.0 Å². The lowest BCUT2D eigenvalue weighted by Crippen LogP contribution is -2.47. The minimum atomic E-state index is -0.151. The van der Waals surface area contributed by atoms with E-state index in [1.54, 1.807) is 23.7 Å². The third kappa shape index (κ3) is 3.10. The Bertz CT molecular complexity index is 688. The first kappa shape index (κ1) is 15.8. The van der Waals surface area contributed by atoms with Crippen LogP contribution in [0.1, 0.15) is 30.4 Å². The van der Waals surface area contributed by atoms with Crippen molar-refractivity contribution in [3.8, 4) is 0 Å². The normalized spacial score (nSPS) is 24.8. The molecule has 2 aliphatic rings. The van der Waals surface area contributed by atoms with Gasteiger partial charge in [-0.2, -0.15) is 11.3 Å². The van der Waals surface area contributed by atoms with Crippen LogP contribution in [0.5, 0.6) is 0 Å². The minimum Gasteiger partial charge on any atom is -0.338 e. The molecule has 24 heavy (non-hydrogen) atoms. The quantitative estimate of drug-likeness (QED) is 0.857. The molecule has 1 amide bonds. The molecular formula is C19H23N3OS. The summed E-state index contributed by atoms with van der Waals surface area (Å²) in [5, 5.41) is 4.35. The van der Waals surface area contributed by atoms with Gasteiger partial charge >= 0.3 is 0 Å². The first-order valence-corrected chi connectivity index (χ1v) is 9.61. The van der Waals surface area contributed by atoms with Crippen LogP contribution in [0.15, 0.2) is 41.4 Å². The molecule has 1 spiro atoms. The van der Waals surface area contributed by atoms with Gasteiger partial charge in [0.25, 0.3) is 0 Å². The van der Waals surface area contributed by atoms with Crippen LogP contribution in [0.3, 0.4) is 0 Å². The van der Waals surface area contributed by atoms with Crippen molar-refractivity contribution < 1.29 is 4.79 Å². The largest absolute Gasteiger partial charge is 0.338 e. The third-order valence-electron chi connectivity index (χ3n) is 5.37. The van der Waals surface area contributed by atoms with E-state index in [0.717, 1.165) is 45.4 Å². The van der Waals surface area contributed by atoms with Crippen LogP contribution < -0.4 is 0 Å². The number of piperidine rings is 1. The minimum absolute atomic E-state index is 0.151. The lowest BCUT2D eigenvalue weighted by atomic mass is 9.78. The second kappa shape index (κ2) is 6.65. The van der Waals surface area contributed by atoms with Crippen LogP contribution in [-0.4, -0.2) is 40.3 Å². The highest BCUT2D eigenvalue weighted by Gasteiger charge is 2.48. The fraction of sp³-hybridized carbons (Fsp3) is 0.474. The molecule has 0 N–H and O–H groups in total. The van der Waals surface area contributed by atoms with Crippen molar-refractivity contribution in [3.05, 3.63) is 52.5 Å². The van der Waals surface area contributed by atoms with Crippen LogP contribution >= 0.6 is 11.3 Å². The number of pyridine rings is 1. The maximum atomic E-state index is 13.1. The summed E-state index contributed by atoms with van der Waals surface area (Å²) in [5.41, 5.74) is 2.39. The van der Waals surface area contributed by atoms with Crippen molar-refractivity contribution in [2.45, 2.75) is 32.4 Å². The number of aromatic nitrogens is 1. The predicted molar refractivity (Wildman–Crippen MR) is 95.5 cm³/mol. The van der Waals surface area contributed by atoms with Gasteiger partial charge in [0.2, 0.25) is 5.91 Å². The molecule has 2 saturated heterocycles. The molecule has 0 radical (unpaired) electrons. The molecule has 0 aromatic carbocycles. The van der Waals surface area contributed by atoms with Gasteiger partial charge in [-0.1, -0.05) is 0 Å². The van der Waals surface area contributed by atoms with Gasteiger partial charge in [-0.25, -0.2) is 0 Å². The summed E-state index contributed by atoms with van der Waals surface area (Å²) in [5.74, 6) is 0.356. The zero-order valence-corrected chi connectivity index (χ0v) is 14.7. The molecule has 2 aromatic rings. The summed E-state index contributed by atoms with van der Waals surface area (Å²) in [4.78, 5) is 21.7. The molecule has 4 heterocycles. The molecule has 2 aliphatic heterocycles. The zero-order valence-electron chi connectivity index (χ0n) is 13.9. The lowest BCUT2D eigenvalue weighted by Gasteiger charge is -2.39. The summed E-state index contributed by atoms with van der Waals surface area (Å²) in [6.45, 7) is 4.59. The zero-order chi connectivity index (χ0) is 16.4. The SMILES string of the molecule is O=C1N(Cc2ccncc2)CCC12CCCN(Cc1ccsc1)C2. The Morgan fingerprint density at radius 3 is 2.75 bits per heavy atom. The summed E-state index contributed by atoms with van der Waals surface area (Å²) in [6, 6.07) is 6.20. The standard InChI is InChI=1S/C19H23N3OS/c23-18-19(6-10-22(18)13-16-2-7-20-8-3-16)5-1-9-21(15-19)12-17-4-11-24-14-17/h2-4,7-8,11,14H,1,5-6,9-10,12-13,15H2. The van der Waals surface area contributed by atoms with Gasteiger partial charge in [-0.05, 0) is 65.9 Å². The summed E-state index contributed by atoms with van der Waals surface area (Å²) >= 11 is 1.75. The van der Waals surface area contributed by atoms with E-state index in [9.17, 15) is 4.79 Å². The monoisotopic (exact) mass is 341 g/mol. The highest BCUT2D eigenvalue weighted by Crippen LogP contribution is 2.41. The van der Waals surface area contributed by atoms with E-state index in [2.05, 4.69) is 26.7 Å². The Hall–Kier alpha value is -1.72. The Kier molecular flexibility index (Phi) is 4.37. The van der Waals surface area contributed by atoms with Crippen LogP contribution in [0.4, 0.5) is 0 Å². The number of nitrogens with zero attached hydrogens (tertiary/aromatic N) is 3. The van der Waals surface area contributed by atoms with Crippen LogP contribution in [0.2, 0.25) is 0 Å². The number of carbonyl (C=O) groups excluding carboxylic acids is 1. The molecule has 0 bridgehead atoms. The van der Waals surface area contributed by atoms with Crippen molar-refractivity contribution in [3.63, 3.8) is 0 Å². The van der Waals surface area contributed by atoms with Crippen molar-refractivity contribution in [1.82, 2.24) is 14.8 Å². The Morgan fingerprint density at radius 2 is 1.96 bits per heavy atom. The average Bonchev–Trinajstić information content (AvgIpc) is 3.21. The average molecular weight is 341 g/mol. The Labute approximate surface area is 147 Å². The molecule has 1 unspecified atom stereocenters. The van der Waals surface area contributed by atoms with E-state index in [1.165, 1.54) is 11.1 Å². The van der Waals surface area contributed by atoms with E-state index >= 15 is 0 Å². The van der Waals surface area contributed by atoms with Gasteiger partial charge in [-0.15, -0.1) is 0 Å². The maximum absolute atomic E-state index is 13.1. The summed E-state index contributed by atoms with van der Waals surface area (Å²) in [6.07, 6.45) is 6.76. The fourth-order valence-electron chi connectivity index (χ4n) is 4.13. The molecule has 126 valence electrons. The van der Waals surface area contributed by atoms with Gasteiger partial charge < -0.3 is 4.90 Å². The number of likely N-dealkylation sites (tertiary alicyclic amines) is 2. The molecule has 4 nitrogen and oxygen atoms in total. The van der Waals surface area contributed by atoms with Gasteiger partial charge in [0.1, 0.15) is 0 Å². The van der Waals surface area contributed by atoms with Gasteiger partial charge in [0.05, 0.1) is 5.41 Å². The molecule has 0 saturated carbocycles. The number of rotatable bonds is 4. The number of hydrogen-bond acceptors (Lipinski definition) is 4. The lowest BCUT2D eigenvalue weighted by molar-refractivity contribution is -0.139. The van der Waals surface area contributed by atoms with Crippen LogP contribution in [0.25, 0.3) is 0 Å². The van der Waals surface area contributed by atoms with Crippen LogP contribution in [-0.2, 0) is 17.9 Å². The van der Waals surface area contributed by atoms with E-state index < -0.39 is 0 Å². The molecule has 2 fully saturated rings. The summed E-state index contributed by atoms with van der Waals surface area (Å²) < 4.78 is 0. The maximum Gasteiger partial charge on any atom is 0.230 e. The number of thiophene rings is 1. The topological polar surface area (TPSA) is 36.4 Å². The summed E-state index contributed by atoms with van der Waals surface area (Å²) in [7, 11) is 0. The second-order valence-electron chi connectivity index (χ2n) is 7.06. The van der Waals surface area contributed by atoms with E-state index in [4.69, 9.17) is 0 Å². The fourth-order valence-corrected chi connectivity index (χ4v) is 4.79. The van der Waals surface area contributed by atoms with Crippen molar-refractivity contribution in [2.24, 2.45) is 5.41 Å². The number of hydrogen-bond donors (Lipinski definition) is 0. The highest BCUT2D eigenvalue weighted by atomic mass is 32.1. The van der Waals surface area contributed by atoms with E-state index in [-0.39, 0.29) is 5.41 Å². The third-order valence-corrected chi connectivity index (χ3v) is 6.10. The highest BCUT2D eigenvalue weighted by molar-refractivity contribution is 7.07. The molecule has 2 aromatic heterocycles. The number of carbonyl (C=O) groups is 1. The second-order valence-corrected chi connectivity index (χ2v) is 7.84. The van der Waals surface area contributed by atoms with Crippen molar-refractivity contribution in [1.29, 1.82) is 0 Å². The van der Waals surface area contributed by atoms with Crippen molar-refractivity contribution in [2.75, 3.05) is 19.6 Å². The van der Waals surface area contributed by atoms with Crippen molar-refractivity contribution >= 4 is 17.2 Å². The van der Waals surface area contributed by atoms with Gasteiger partial charge in [0.15, 0.2) is 0 Å². The van der Waals surface area contributed by atoms with E-state index in [0.29, 0.717) is 12.5 Å². The van der Waals surface area contributed by atoms with Gasteiger partial charge in [-0.3, -0.25) is 14.7 Å². The first-order valence-electron chi connectivity index (χ1n) is 8.67. The Balaban J connectivity index is 1.44. The van der Waals surface area contributed by atoms with Gasteiger partial charge in [0, 0.05) is 38.6 Å². The number of amides is 1.